The number of phenolic OH excluding ortho intramolecular Hbond substituents is 1. The second-order valence-electron chi connectivity index (χ2n) is 11.0. The normalized spacial score (nSPS) is 19.8. The number of rotatable bonds is 5. The number of nitrogens with zero attached hydrogens (tertiary/aromatic N) is 4. The third kappa shape index (κ3) is 4.82. The van der Waals surface area contributed by atoms with E-state index in [4.69, 9.17) is 28.8 Å². The van der Waals surface area contributed by atoms with Crippen molar-refractivity contribution < 1.29 is 5.11 Å². The fraction of sp³-hybridized carbons (Fsp3) is 0.312. The summed E-state index contributed by atoms with van der Waals surface area (Å²) in [6, 6.07) is 21.6. The van der Waals surface area contributed by atoms with Gasteiger partial charge in [-0.1, -0.05) is 24.6 Å². The Bertz CT molecular complexity index is 1530. The smallest absolute Gasteiger partial charge is 0.174 e. The first-order valence-electron chi connectivity index (χ1n) is 13.8. The molecule has 2 aromatic heterocycles. The van der Waals surface area contributed by atoms with Gasteiger partial charge in [-0.05, 0) is 111 Å². The van der Waals surface area contributed by atoms with Gasteiger partial charge in [-0.3, -0.25) is 4.98 Å². The Labute approximate surface area is 246 Å². The van der Waals surface area contributed by atoms with E-state index in [0.717, 1.165) is 63.7 Å². The van der Waals surface area contributed by atoms with Crippen molar-refractivity contribution in [2.45, 2.75) is 45.7 Å². The van der Waals surface area contributed by atoms with E-state index in [1.807, 2.05) is 36.5 Å². The van der Waals surface area contributed by atoms with Crippen LogP contribution in [-0.2, 0) is 0 Å². The highest BCUT2D eigenvalue weighted by atomic mass is 35.5. The second-order valence-corrected chi connectivity index (χ2v) is 11.8. The number of thiocarbonyl (C=S) groups is 1. The largest absolute Gasteiger partial charge is 0.508 e. The van der Waals surface area contributed by atoms with Gasteiger partial charge >= 0.3 is 0 Å². The van der Waals surface area contributed by atoms with Crippen LogP contribution in [-0.4, -0.2) is 32.9 Å². The highest BCUT2D eigenvalue weighted by Gasteiger charge is 2.42. The first-order chi connectivity index (χ1) is 19.3. The molecule has 2 atom stereocenters. The third-order valence-electron chi connectivity index (χ3n) is 8.33. The molecule has 0 bridgehead atoms. The van der Waals surface area contributed by atoms with Gasteiger partial charge in [-0.2, -0.15) is 0 Å². The summed E-state index contributed by atoms with van der Waals surface area (Å²) in [4.78, 5) is 9.29. The summed E-state index contributed by atoms with van der Waals surface area (Å²) in [5, 5.41) is 14.8. The SMILES string of the molecule is Cc1cc([C@H]2[C@@H](c3ccccn3)NC(=S)N2c2ccc(N3CCC(C)CC3)c(Cl)c2)c(C)n1-c1ccc(O)cc1. The maximum atomic E-state index is 9.85. The van der Waals surface area contributed by atoms with E-state index in [-0.39, 0.29) is 17.8 Å². The maximum Gasteiger partial charge on any atom is 0.174 e. The van der Waals surface area contributed by atoms with Crippen LogP contribution in [0, 0.1) is 19.8 Å². The molecule has 0 unspecified atom stereocenters. The van der Waals surface area contributed by atoms with Crippen LogP contribution in [0.4, 0.5) is 11.4 Å². The first kappa shape index (κ1) is 26.7. The molecule has 0 aliphatic carbocycles. The highest BCUT2D eigenvalue weighted by Crippen LogP contribution is 2.45. The van der Waals surface area contributed by atoms with Crippen LogP contribution < -0.4 is 15.1 Å². The number of halogens is 1. The maximum absolute atomic E-state index is 9.85. The Morgan fingerprint density at radius 1 is 0.975 bits per heavy atom. The molecule has 2 N–H and O–H groups in total. The van der Waals surface area contributed by atoms with Gasteiger partial charge in [0.15, 0.2) is 5.11 Å². The Hall–Kier alpha value is -3.55. The molecular formula is C32H34ClN5OS. The van der Waals surface area contributed by atoms with Crippen molar-refractivity contribution in [3.8, 4) is 11.4 Å². The van der Waals surface area contributed by atoms with Gasteiger partial charge < -0.3 is 24.8 Å². The van der Waals surface area contributed by atoms with Crippen molar-refractivity contribution in [3.05, 3.63) is 101 Å². The van der Waals surface area contributed by atoms with Crippen LogP contribution in [0.15, 0.2) is 72.9 Å². The predicted octanol–water partition coefficient (Wildman–Crippen LogP) is 7.26. The lowest BCUT2D eigenvalue weighted by Gasteiger charge is -2.33. The monoisotopic (exact) mass is 571 g/mol. The average molecular weight is 572 g/mol. The zero-order valence-electron chi connectivity index (χ0n) is 23.0. The van der Waals surface area contributed by atoms with Gasteiger partial charge in [0.2, 0.25) is 0 Å². The summed E-state index contributed by atoms with van der Waals surface area (Å²) in [5.41, 5.74) is 7.32. The minimum absolute atomic E-state index is 0.141. The van der Waals surface area contributed by atoms with E-state index in [1.165, 1.54) is 12.8 Å². The van der Waals surface area contributed by atoms with Crippen molar-refractivity contribution in [1.82, 2.24) is 14.9 Å². The van der Waals surface area contributed by atoms with Gasteiger partial charge in [-0.25, -0.2) is 0 Å². The van der Waals surface area contributed by atoms with Crippen LogP contribution in [0.5, 0.6) is 5.75 Å². The highest BCUT2D eigenvalue weighted by molar-refractivity contribution is 7.80. The van der Waals surface area contributed by atoms with Crippen molar-refractivity contribution >= 4 is 40.3 Å². The van der Waals surface area contributed by atoms with Crippen molar-refractivity contribution in [1.29, 1.82) is 0 Å². The number of piperidine rings is 1. The molecule has 6 rings (SSSR count). The first-order valence-corrected chi connectivity index (χ1v) is 14.6. The Kier molecular flexibility index (Phi) is 7.19. The molecular weight excluding hydrogens is 538 g/mol. The molecule has 40 heavy (non-hydrogen) atoms. The van der Waals surface area contributed by atoms with Gasteiger partial charge in [0.05, 0.1) is 28.5 Å². The summed E-state index contributed by atoms with van der Waals surface area (Å²) >= 11 is 12.9. The Morgan fingerprint density at radius 3 is 2.38 bits per heavy atom. The molecule has 0 amide bonds. The van der Waals surface area contributed by atoms with E-state index < -0.39 is 0 Å². The van der Waals surface area contributed by atoms with Gasteiger partial charge in [-0.15, -0.1) is 0 Å². The quantitative estimate of drug-likeness (QED) is 0.246. The zero-order valence-corrected chi connectivity index (χ0v) is 24.6. The molecule has 2 saturated heterocycles. The van der Waals surface area contributed by atoms with Gasteiger partial charge in [0, 0.05) is 42.0 Å². The lowest BCUT2D eigenvalue weighted by Crippen LogP contribution is -2.33. The fourth-order valence-electron chi connectivity index (χ4n) is 6.19. The molecule has 2 aliphatic rings. The number of hydrogen-bond donors (Lipinski definition) is 2. The van der Waals surface area contributed by atoms with Crippen molar-refractivity contribution in [2.24, 2.45) is 5.92 Å². The summed E-state index contributed by atoms with van der Waals surface area (Å²) in [7, 11) is 0. The topological polar surface area (TPSA) is 56.6 Å². The lowest BCUT2D eigenvalue weighted by atomic mass is 9.96. The number of aromatic nitrogens is 2. The van der Waals surface area contributed by atoms with E-state index in [2.05, 4.69) is 64.7 Å². The van der Waals surface area contributed by atoms with E-state index in [0.29, 0.717) is 5.11 Å². The van der Waals surface area contributed by atoms with Crippen molar-refractivity contribution in [2.75, 3.05) is 22.9 Å². The molecule has 2 aromatic carbocycles. The minimum atomic E-state index is -0.149. The zero-order chi connectivity index (χ0) is 28.0. The fourth-order valence-corrected chi connectivity index (χ4v) is 6.83. The van der Waals surface area contributed by atoms with Gasteiger partial charge in [0.25, 0.3) is 0 Å². The number of benzene rings is 2. The molecule has 0 spiro atoms. The summed E-state index contributed by atoms with van der Waals surface area (Å²) in [5.74, 6) is 1.00. The number of nitrogens with one attached hydrogen (secondary N) is 1. The summed E-state index contributed by atoms with van der Waals surface area (Å²) < 4.78 is 2.22. The molecule has 6 nitrogen and oxygen atoms in total. The van der Waals surface area contributed by atoms with Crippen LogP contribution in [0.3, 0.4) is 0 Å². The van der Waals surface area contributed by atoms with E-state index >= 15 is 0 Å². The molecule has 2 aliphatic heterocycles. The van der Waals surface area contributed by atoms with Crippen LogP contribution in [0.2, 0.25) is 5.02 Å². The molecule has 4 aromatic rings. The molecule has 8 heteroatoms. The minimum Gasteiger partial charge on any atom is -0.508 e. The van der Waals surface area contributed by atoms with Crippen LogP contribution >= 0.6 is 23.8 Å². The summed E-state index contributed by atoms with van der Waals surface area (Å²) in [6.07, 6.45) is 4.19. The molecule has 206 valence electrons. The molecule has 0 radical (unpaired) electrons. The van der Waals surface area contributed by atoms with Crippen LogP contribution in [0.1, 0.15) is 54.5 Å². The molecule has 2 fully saturated rings. The number of pyridine rings is 1. The van der Waals surface area contributed by atoms with E-state index in [1.54, 1.807) is 12.1 Å². The molecule has 4 heterocycles. The summed E-state index contributed by atoms with van der Waals surface area (Å²) in [6.45, 7) is 8.61. The molecule has 0 saturated carbocycles. The Balaban J connectivity index is 1.43. The lowest BCUT2D eigenvalue weighted by molar-refractivity contribution is 0.438. The van der Waals surface area contributed by atoms with Crippen molar-refractivity contribution in [3.63, 3.8) is 0 Å². The van der Waals surface area contributed by atoms with E-state index in [9.17, 15) is 5.11 Å². The number of phenols is 1. The number of aromatic hydroxyl groups is 1. The predicted molar refractivity (Wildman–Crippen MR) is 167 cm³/mol. The standard InChI is InChI=1S/C32H34ClN5OS/c1-20-13-16-36(17-14-20)29-12-9-24(19-27(29)33)38-31(30(35-32(38)40)28-6-4-5-15-34-28)26-18-21(2)37(22(26)3)23-7-10-25(39)11-8-23/h4-12,15,18-20,30-31,39H,13-14,16-17H2,1-3H3,(H,35,40)/t30-,31+/m1/s1. The average Bonchev–Trinajstić information content (AvgIpc) is 3.45. The third-order valence-corrected chi connectivity index (χ3v) is 8.95. The van der Waals surface area contributed by atoms with Crippen LogP contribution in [0.25, 0.3) is 5.69 Å². The second kappa shape index (κ2) is 10.8. The number of anilines is 2. The number of hydrogen-bond acceptors (Lipinski definition) is 4. The number of aryl methyl sites for hydroxylation is 1. The van der Waals surface area contributed by atoms with Gasteiger partial charge in [0.1, 0.15) is 5.75 Å². The Morgan fingerprint density at radius 2 is 1.70 bits per heavy atom.